The van der Waals surface area contributed by atoms with Crippen molar-refractivity contribution >= 4 is 0 Å². The molecule has 5 nitrogen and oxygen atoms in total. The third kappa shape index (κ3) is 3.96. The minimum absolute atomic E-state index is 0.00284. The lowest BCUT2D eigenvalue weighted by molar-refractivity contribution is 0.0895. The second kappa shape index (κ2) is 7.81. The van der Waals surface area contributed by atoms with Crippen LogP contribution in [0.2, 0.25) is 0 Å². The highest BCUT2D eigenvalue weighted by molar-refractivity contribution is 5.22. The van der Waals surface area contributed by atoms with Crippen molar-refractivity contribution in [3.8, 4) is 0 Å². The van der Waals surface area contributed by atoms with Crippen molar-refractivity contribution in [3.05, 3.63) is 48.1 Å². The number of hydrogen-bond donors (Lipinski definition) is 0. The molecule has 3 rings (SSSR count). The van der Waals surface area contributed by atoms with E-state index in [1.807, 2.05) is 11.6 Å². The Hall–Kier alpha value is -1.86. The number of aromatic nitrogens is 3. The molecule has 0 radical (unpaired) electrons. The van der Waals surface area contributed by atoms with Crippen LogP contribution in [-0.2, 0) is 6.54 Å². The summed E-state index contributed by atoms with van der Waals surface area (Å²) < 4.78 is 29.1. The van der Waals surface area contributed by atoms with Crippen molar-refractivity contribution in [2.45, 2.75) is 25.9 Å². The van der Waals surface area contributed by atoms with E-state index in [-0.39, 0.29) is 6.04 Å². The molecule has 1 aromatic carbocycles. The van der Waals surface area contributed by atoms with Crippen LogP contribution in [0.5, 0.6) is 0 Å². The molecule has 1 fully saturated rings. The SMILES string of the molecule is CC[C@@H](c1ccc(F)cc1F)N1CCN(CCn2cncn2)CC1. The summed E-state index contributed by atoms with van der Waals surface area (Å²) in [6, 6.07) is 3.90. The van der Waals surface area contributed by atoms with Crippen LogP contribution in [0.15, 0.2) is 30.9 Å². The zero-order valence-electron chi connectivity index (χ0n) is 13.9. The van der Waals surface area contributed by atoms with E-state index in [0.717, 1.165) is 51.8 Å². The fraction of sp³-hybridized carbons (Fsp3) is 0.529. The van der Waals surface area contributed by atoms with Gasteiger partial charge in [0.25, 0.3) is 0 Å². The number of benzene rings is 1. The molecule has 2 aromatic rings. The standard InChI is InChI=1S/C17H23F2N5/c1-2-17(15-4-3-14(18)11-16(15)19)23-8-5-22(6-9-23)7-10-24-13-20-12-21-24/h3-4,11-13,17H,2,5-10H2,1H3/t17-/m0/s1. The fourth-order valence-electron chi connectivity index (χ4n) is 3.34. The Morgan fingerprint density at radius 1 is 1.12 bits per heavy atom. The Morgan fingerprint density at radius 2 is 1.92 bits per heavy atom. The molecule has 1 saturated heterocycles. The molecule has 1 aliphatic rings. The van der Waals surface area contributed by atoms with E-state index in [0.29, 0.717) is 5.56 Å². The van der Waals surface area contributed by atoms with Crippen molar-refractivity contribution in [1.29, 1.82) is 0 Å². The minimum atomic E-state index is -0.524. The molecule has 0 bridgehead atoms. The fourth-order valence-corrected chi connectivity index (χ4v) is 3.34. The van der Waals surface area contributed by atoms with Gasteiger partial charge in [-0.2, -0.15) is 5.10 Å². The van der Waals surface area contributed by atoms with Crippen molar-refractivity contribution in [2.75, 3.05) is 32.7 Å². The van der Waals surface area contributed by atoms with Gasteiger partial charge >= 0.3 is 0 Å². The van der Waals surface area contributed by atoms with Crippen LogP contribution in [0.4, 0.5) is 8.78 Å². The predicted molar refractivity (Wildman–Crippen MR) is 87.4 cm³/mol. The third-order valence-corrected chi connectivity index (χ3v) is 4.67. The number of halogens is 2. The molecule has 0 N–H and O–H groups in total. The smallest absolute Gasteiger partial charge is 0.137 e. The first-order valence-electron chi connectivity index (χ1n) is 8.41. The van der Waals surface area contributed by atoms with E-state index < -0.39 is 11.6 Å². The van der Waals surface area contributed by atoms with Crippen molar-refractivity contribution in [3.63, 3.8) is 0 Å². The van der Waals surface area contributed by atoms with Gasteiger partial charge in [-0.25, -0.2) is 13.8 Å². The van der Waals surface area contributed by atoms with Gasteiger partial charge in [-0.1, -0.05) is 13.0 Å². The Balaban J connectivity index is 1.56. The lowest BCUT2D eigenvalue weighted by Gasteiger charge is -2.39. The topological polar surface area (TPSA) is 37.2 Å². The number of nitrogens with zero attached hydrogens (tertiary/aromatic N) is 5. The van der Waals surface area contributed by atoms with E-state index in [2.05, 4.69) is 19.9 Å². The maximum absolute atomic E-state index is 14.1. The largest absolute Gasteiger partial charge is 0.299 e. The van der Waals surface area contributed by atoms with Gasteiger partial charge in [-0.15, -0.1) is 0 Å². The Bertz CT molecular complexity index is 638. The average Bonchev–Trinajstić information content (AvgIpc) is 3.10. The van der Waals surface area contributed by atoms with E-state index >= 15 is 0 Å². The van der Waals surface area contributed by atoms with Gasteiger partial charge in [0, 0.05) is 50.4 Å². The highest BCUT2D eigenvalue weighted by Crippen LogP contribution is 2.27. The summed E-state index contributed by atoms with van der Waals surface area (Å²) in [5.41, 5.74) is 0.593. The normalized spacial score (nSPS) is 18.0. The molecule has 0 saturated carbocycles. The zero-order valence-corrected chi connectivity index (χ0v) is 13.9. The average molecular weight is 335 g/mol. The first-order chi connectivity index (χ1) is 11.7. The molecule has 1 aliphatic heterocycles. The summed E-state index contributed by atoms with van der Waals surface area (Å²) >= 11 is 0. The van der Waals surface area contributed by atoms with Gasteiger partial charge in [-0.3, -0.25) is 14.5 Å². The van der Waals surface area contributed by atoms with Crippen LogP contribution in [0.25, 0.3) is 0 Å². The maximum Gasteiger partial charge on any atom is 0.137 e. The van der Waals surface area contributed by atoms with E-state index in [1.54, 1.807) is 18.7 Å². The molecule has 0 spiro atoms. The predicted octanol–water partition coefficient (Wildman–Crippen LogP) is 2.33. The monoisotopic (exact) mass is 335 g/mol. The molecule has 2 heterocycles. The molecule has 1 atom stereocenters. The van der Waals surface area contributed by atoms with Gasteiger partial charge < -0.3 is 0 Å². The summed E-state index contributed by atoms with van der Waals surface area (Å²) in [6.45, 7) is 7.44. The van der Waals surface area contributed by atoms with Crippen LogP contribution in [-0.4, -0.2) is 57.3 Å². The molecule has 24 heavy (non-hydrogen) atoms. The summed E-state index contributed by atoms with van der Waals surface area (Å²) in [7, 11) is 0. The van der Waals surface area contributed by atoms with Crippen LogP contribution < -0.4 is 0 Å². The van der Waals surface area contributed by atoms with Gasteiger partial charge in [-0.05, 0) is 12.5 Å². The van der Waals surface area contributed by atoms with E-state index in [1.165, 1.54) is 6.07 Å². The summed E-state index contributed by atoms with van der Waals surface area (Å²) in [4.78, 5) is 8.62. The first kappa shape index (κ1) is 17.0. The molecule has 130 valence electrons. The van der Waals surface area contributed by atoms with Crippen LogP contribution in [0, 0.1) is 11.6 Å². The molecular formula is C17H23F2N5. The van der Waals surface area contributed by atoms with E-state index in [4.69, 9.17) is 0 Å². The third-order valence-electron chi connectivity index (χ3n) is 4.67. The van der Waals surface area contributed by atoms with Crippen molar-refractivity contribution in [2.24, 2.45) is 0 Å². The van der Waals surface area contributed by atoms with E-state index in [9.17, 15) is 8.78 Å². The van der Waals surface area contributed by atoms with Gasteiger partial charge in [0.05, 0.1) is 6.54 Å². The number of piperazine rings is 1. The molecule has 0 unspecified atom stereocenters. The highest BCUT2D eigenvalue weighted by Gasteiger charge is 2.25. The Labute approximate surface area is 140 Å². The van der Waals surface area contributed by atoms with Gasteiger partial charge in [0.15, 0.2) is 0 Å². The molecular weight excluding hydrogens is 312 g/mol. The minimum Gasteiger partial charge on any atom is -0.299 e. The lowest BCUT2D eigenvalue weighted by Crippen LogP contribution is -2.48. The number of hydrogen-bond acceptors (Lipinski definition) is 4. The summed E-state index contributed by atoms with van der Waals surface area (Å²) in [5.74, 6) is -0.973. The van der Waals surface area contributed by atoms with Crippen molar-refractivity contribution in [1.82, 2.24) is 24.6 Å². The maximum atomic E-state index is 14.1. The van der Waals surface area contributed by atoms with Crippen molar-refractivity contribution < 1.29 is 8.78 Å². The summed E-state index contributed by atoms with van der Waals surface area (Å²) in [6.07, 6.45) is 4.07. The molecule has 0 amide bonds. The van der Waals surface area contributed by atoms with Crippen LogP contribution in [0.3, 0.4) is 0 Å². The Morgan fingerprint density at radius 3 is 2.54 bits per heavy atom. The number of rotatable bonds is 6. The first-order valence-corrected chi connectivity index (χ1v) is 8.41. The Kier molecular flexibility index (Phi) is 5.52. The van der Waals surface area contributed by atoms with Crippen LogP contribution >= 0.6 is 0 Å². The second-order valence-corrected chi connectivity index (χ2v) is 6.13. The van der Waals surface area contributed by atoms with Crippen LogP contribution in [0.1, 0.15) is 24.9 Å². The lowest BCUT2D eigenvalue weighted by atomic mass is 10.0. The second-order valence-electron chi connectivity index (χ2n) is 6.13. The molecule has 1 aromatic heterocycles. The molecule has 7 heteroatoms. The zero-order chi connectivity index (χ0) is 16.9. The summed E-state index contributed by atoms with van der Waals surface area (Å²) in [5, 5.41) is 4.11. The quantitative estimate of drug-likeness (QED) is 0.812. The van der Waals surface area contributed by atoms with Gasteiger partial charge in [0.2, 0.25) is 0 Å². The molecule has 0 aliphatic carbocycles. The van der Waals surface area contributed by atoms with Gasteiger partial charge in [0.1, 0.15) is 24.3 Å². The highest BCUT2D eigenvalue weighted by atomic mass is 19.1.